The third kappa shape index (κ3) is 6.48. The van der Waals surface area contributed by atoms with E-state index in [9.17, 15) is 5.11 Å². The fraction of sp³-hybridized carbons (Fsp3) is 0.611. The highest BCUT2D eigenvalue weighted by Crippen LogP contribution is 2.13. The SMILES string of the molecule is CCNC(=NCC(CC)CC)NCC(CO)c1ccccc1. The number of benzene rings is 1. The van der Waals surface area contributed by atoms with Crippen molar-refractivity contribution in [1.29, 1.82) is 0 Å². The van der Waals surface area contributed by atoms with Crippen molar-refractivity contribution in [1.82, 2.24) is 10.6 Å². The van der Waals surface area contributed by atoms with E-state index in [0.29, 0.717) is 12.5 Å². The first-order valence-corrected chi connectivity index (χ1v) is 8.43. The van der Waals surface area contributed by atoms with Crippen LogP contribution in [0, 0.1) is 5.92 Å². The predicted molar refractivity (Wildman–Crippen MR) is 94.3 cm³/mol. The van der Waals surface area contributed by atoms with Gasteiger partial charge in [-0.05, 0) is 18.4 Å². The third-order valence-corrected chi connectivity index (χ3v) is 4.01. The summed E-state index contributed by atoms with van der Waals surface area (Å²) in [6, 6.07) is 10.1. The van der Waals surface area contributed by atoms with Crippen LogP contribution in [0.5, 0.6) is 0 Å². The average Bonchev–Trinajstić information content (AvgIpc) is 2.57. The molecule has 0 aliphatic rings. The Hall–Kier alpha value is -1.55. The molecule has 0 aliphatic carbocycles. The van der Waals surface area contributed by atoms with Gasteiger partial charge in [0, 0.05) is 25.6 Å². The molecule has 0 radical (unpaired) electrons. The molecule has 4 heteroatoms. The fourth-order valence-corrected chi connectivity index (χ4v) is 2.34. The van der Waals surface area contributed by atoms with Crippen molar-refractivity contribution in [3.8, 4) is 0 Å². The molecule has 3 N–H and O–H groups in total. The second-order valence-corrected chi connectivity index (χ2v) is 5.57. The number of aliphatic hydroxyl groups excluding tert-OH is 1. The molecule has 0 saturated carbocycles. The van der Waals surface area contributed by atoms with Crippen molar-refractivity contribution < 1.29 is 5.11 Å². The van der Waals surface area contributed by atoms with Crippen LogP contribution in [-0.4, -0.2) is 37.3 Å². The summed E-state index contributed by atoms with van der Waals surface area (Å²) < 4.78 is 0. The molecule has 0 saturated heterocycles. The summed E-state index contributed by atoms with van der Waals surface area (Å²) in [6.07, 6.45) is 2.31. The normalized spacial score (nSPS) is 13.2. The van der Waals surface area contributed by atoms with E-state index in [4.69, 9.17) is 0 Å². The van der Waals surface area contributed by atoms with Crippen LogP contribution < -0.4 is 10.6 Å². The molecule has 4 nitrogen and oxygen atoms in total. The largest absolute Gasteiger partial charge is 0.396 e. The van der Waals surface area contributed by atoms with Gasteiger partial charge in [-0.1, -0.05) is 57.0 Å². The van der Waals surface area contributed by atoms with E-state index in [1.807, 2.05) is 18.2 Å². The molecular formula is C18H31N3O. The van der Waals surface area contributed by atoms with Gasteiger partial charge in [-0.3, -0.25) is 4.99 Å². The summed E-state index contributed by atoms with van der Waals surface area (Å²) in [5, 5.41) is 16.2. The Morgan fingerprint density at radius 1 is 1.09 bits per heavy atom. The summed E-state index contributed by atoms with van der Waals surface area (Å²) in [4.78, 5) is 4.67. The monoisotopic (exact) mass is 305 g/mol. The van der Waals surface area contributed by atoms with E-state index < -0.39 is 0 Å². The minimum absolute atomic E-state index is 0.0817. The maximum absolute atomic E-state index is 9.62. The molecule has 0 amide bonds. The highest BCUT2D eigenvalue weighted by Gasteiger charge is 2.11. The van der Waals surface area contributed by atoms with Gasteiger partial charge in [-0.15, -0.1) is 0 Å². The summed E-state index contributed by atoms with van der Waals surface area (Å²) in [5.41, 5.74) is 1.15. The Morgan fingerprint density at radius 2 is 1.77 bits per heavy atom. The number of guanidine groups is 1. The Morgan fingerprint density at radius 3 is 2.32 bits per heavy atom. The zero-order valence-corrected chi connectivity index (χ0v) is 14.2. The lowest BCUT2D eigenvalue weighted by molar-refractivity contribution is 0.265. The molecule has 0 bridgehead atoms. The van der Waals surface area contributed by atoms with Crippen LogP contribution in [0.2, 0.25) is 0 Å². The van der Waals surface area contributed by atoms with E-state index in [1.165, 1.54) is 0 Å². The number of rotatable bonds is 9. The molecule has 0 spiro atoms. The number of nitrogens with zero attached hydrogens (tertiary/aromatic N) is 1. The third-order valence-electron chi connectivity index (χ3n) is 4.01. The van der Waals surface area contributed by atoms with Crippen LogP contribution >= 0.6 is 0 Å². The molecule has 1 unspecified atom stereocenters. The van der Waals surface area contributed by atoms with Gasteiger partial charge in [0.15, 0.2) is 5.96 Å². The highest BCUT2D eigenvalue weighted by molar-refractivity contribution is 5.79. The average molecular weight is 305 g/mol. The summed E-state index contributed by atoms with van der Waals surface area (Å²) in [7, 11) is 0. The van der Waals surface area contributed by atoms with E-state index in [0.717, 1.165) is 37.5 Å². The second kappa shape index (κ2) is 11.1. The van der Waals surface area contributed by atoms with Crippen LogP contribution in [0.1, 0.15) is 45.1 Å². The molecule has 1 atom stereocenters. The number of aliphatic hydroxyl groups is 1. The van der Waals surface area contributed by atoms with E-state index >= 15 is 0 Å². The van der Waals surface area contributed by atoms with Gasteiger partial charge in [0.05, 0.1) is 6.61 Å². The molecule has 0 aromatic heterocycles. The van der Waals surface area contributed by atoms with Crippen LogP contribution in [0.4, 0.5) is 0 Å². The van der Waals surface area contributed by atoms with Gasteiger partial charge in [0.1, 0.15) is 0 Å². The Labute approximate surface area is 135 Å². The van der Waals surface area contributed by atoms with Crippen molar-refractivity contribution in [2.75, 3.05) is 26.2 Å². The summed E-state index contributed by atoms with van der Waals surface area (Å²) >= 11 is 0. The lowest BCUT2D eigenvalue weighted by atomic mass is 10.0. The van der Waals surface area contributed by atoms with E-state index in [1.54, 1.807) is 0 Å². The molecule has 1 aromatic carbocycles. The van der Waals surface area contributed by atoms with Crippen molar-refractivity contribution in [2.24, 2.45) is 10.9 Å². The fourth-order valence-electron chi connectivity index (χ4n) is 2.34. The Balaban J connectivity index is 2.60. The quantitative estimate of drug-likeness (QED) is 0.486. The van der Waals surface area contributed by atoms with Crippen molar-refractivity contribution >= 4 is 5.96 Å². The standard InChI is InChI=1S/C18H31N3O/c1-4-15(5-2)12-20-18(19-6-3)21-13-17(14-22)16-10-8-7-9-11-16/h7-11,15,17,22H,4-6,12-14H2,1-3H3,(H2,19,20,21). The molecule has 1 aromatic rings. The first-order valence-electron chi connectivity index (χ1n) is 8.43. The van der Waals surface area contributed by atoms with Crippen LogP contribution in [-0.2, 0) is 0 Å². The van der Waals surface area contributed by atoms with Crippen LogP contribution in [0.3, 0.4) is 0 Å². The van der Waals surface area contributed by atoms with Gasteiger partial charge in [0.25, 0.3) is 0 Å². The van der Waals surface area contributed by atoms with Gasteiger partial charge in [0.2, 0.25) is 0 Å². The number of hydrogen-bond donors (Lipinski definition) is 3. The minimum atomic E-state index is 0.0817. The van der Waals surface area contributed by atoms with Gasteiger partial charge < -0.3 is 15.7 Å². The lowest BCUT2D eigenvalue weighted by Crippen LogP contribution is -2.40. The zero-order chi connectivity index (χ0) is 16.2. The molecule has 22 heavy (non-hydrogen) atoms. The van der Waals surface area contributed by atoms with Crippen molar-refractivity contribution in [2.45, 2.75) is 39.5 Å². The first kappa shape index (κ1) is 18.5. The minimum Gasteiger partial charge on any atom is -0.396 e. The molecular weight excluding hydrogens is 274 g/mol. The predicted octanol–water partition coefficient (Wildman–Crippen LogP) is 2.75. The van der Waals surface area contributed by atoms with Crippen molar-refractivity contribution in [3.05, 3.63) is 35.9 Å². The highest BCUT2D eigenvalue weighted by atomic mass is 16.3. The number of nitrogens with one attached hydrogen (secondary N) is 2. The van der Waals surface area contributed by atoms with Crippen LogP contribution in [0.15, 0.2) is 35.3 Å². The van der Waals surface area contributed by atoms with Gasteiger partial charge in [-0.2, -0.15) is 0 Å². The molecule has 0 heterocycles. The van der Waals surface area contributed by atoms with Gasteiger partial charge >= 0.3 is 0 Å². The maximum Gasteiger partial charge on any atom is 0.191 e. The van der Waals surface area contributed by atoms with E-state index in [2.05, 4.69) is 48.5 Å². The lowest BCUT2D eigenvalue weighted by Gasteiger charge is -2.18. The molecule has 0 fully saturated rings. The van der Waals surface area contributed by atoms with Crippen molar-refractivity contribution in [3.63, 3.8) is 0 Å². The van der Waals surface area contributed by atoms with Crippen LogP contribution in [0.25, 0.3) is 0 Å². The number of hydrogen-bond acceptors (Lipinski definition) is 2. The smallest absolute Gasteiger partial charge is 0.191 e. The summed E-state index contributed by atoms with van der Waals surface area (Å²) in [6.45, 7) is 8.97. The van der Waals surface area contributed by atoms with E-state index in [-0.39, 0.29) is 12.5 Å². The molecule has 1 rings (SSSR count). The molecule has 124 valence electrons. The van der Waals surface area contributed by atoms with Gasteiger partial charge in [-0.25, -0.2) is 0 Å². The zero-order valence-electron chi connectivity index (χ0n) is 14.2. The first-order chi connectivity index (χ1) is 10.7. The Bertz CT molecular complexity index is 416. The Kier molecular flexibility index (Phi) is 9.31. The number of aliphatic imine (C=N–C) groups is 1. The topological polar surface area (TPSA) is 56.7 Å². The maximum atomic E-state index is 9.62. The molecule has 0 aliphatic heterocycles. The second-order valence-electron chi connectivity index (χ2n) is 5.57. The summed E-state index contributed by atoms with van der Waals surface area (Å²) in [5.74, 6) is 1.56.